The number of hydrogen-bond donors (Lipinski definition) is 1. The van der Waals surface area contributed by atoms with Crippen LogP contribution in [0.3, 0.4) is 0 Å². The SMILES string of the molecule is CCCN(C(=O)OCC1c2ccccc2-c2ccccc21)C(C(=O)O)C1CCC1. The second kappa shape index (κ2) is 8.27. The molecule has 1 fully saturated rings. The van der Waals surface area contributed by atoms with E-state index >= 15 is 0 Å². The Bertz CT molecular complexity index is 860. The number of aliphatic carboxylic acids is 1. The number of carbonyl (C=O) groups is 2. The molecule has 0 aromatic heterocycles. The molecule has 1 amide bonds. The average molecular weight is 393 g/mol. The summed E-state index contributed by atoms with van der Waals surface area (Å²) in [6, 6.07) is 15.6. The fraction of sp³-hybridized carbons (Fsp3) is 0.417. The van der Waals surface area contributed by atoms with Gasteiger partial charge < -0.3 is 9.84 Å². The van der Waals surface area contributed by atoms with Crippen LogP contribution in [0.1, 0.15) is 49.7 Å². The van der Waals surface area contributed by atoms with E-state index < -0.39 is 18.1 Å². The van der Waals surface area contributed by atoms with Gasteiger partial charge in [0.15, 0.2) is 0 Å². The lowest BCUT2D eigenvalue weighted by Gasteiger charge is -2.38. The number of hydrogen-bond acceptors (Lipinski definition) is 3. The maximum atomic E-state index is 12.9. The first-order valence-electron chi connectivity index (χ1n) is 10.5. The highest BCUT2D eigenvalue weighted by Gasteiger charge is 2.40. The molecular formula is C24H27NO4. The van der Waals surface area contributed by atoms with Gasteiger partial charge in [-0.15, -0.1) is 0 Å². The van der Waals surface area contributed by atoms with E-state index in [1.54, 1.807) is 0 Å². The summed E-state index contributed by atoms with van der Waals surface area (Å²) < 4.78 is 5.73. The van der Waals surface area contributed by atoms with Gasteiger partial charge in [-0.25, -0.2) is 9.59 Å². The lowest BCUT2D eigenvalue weighted by Crippen LogP contribution is -2.51. The zero-order valence-electron chi connectivity index (χ0n) is 16.7. The minimum absolute atomic E-state index is 0.0261. The molecule has 0 spiro atoms. The van der Waals surface area contributed by atoms with Gasteiger partial charge >= 0.3 is 12.1 Å². The van der Waals surface area contributed by atoms with E-state index in [2.05, 4.69) is 24.3 Å². The van der Waals surface area contributed by atoms with Gasteiger partial charge in [0.1, 0.15) is 12.6 Å². The van der Waals surface area contributed by atoms with Crippen molar-refractivity contribution in [1.29, 1.82) is 0 Å². The normalized spacial score (nSPS) is 16.4. The Morgan fingerprint density at radius 2 is 1.66 bits per heavy atom. The number of amides is 1. The van der Waals surface area contributed by atoms with Crippen LogP contribution in [0.2, 0.25) is 0 Å². The van der Waals surface area contributed by atoms with Gasteiger partial charge in [-0.1, -0.05) is 61.9 Å². The van der Waals surface area contributed by atoms with E-state index in [1.165, 1.54) is 16.0 Å². The quantitative estimate of drug-likeness (QED) is 0.726. The molecule has 1 atom stereocenters. The lowest BCUT2D eigenvalue weighted by atomic mass is 9.79. The summed E-state index contributed by atoms with van der Waals surface area (Å²) >= 11 is 0. The van der Waals surface area contributed by atoms with Gasteiger partial charge in [-0.2, -0.15) is 0 Å². The first kappa shape index (κ1) is 19.5. The van der Waals surface area contributed by atoms with Gasteiger partial charge in [-0.05, 0) is 47.4 Å². The Kier molecular flexibility index (Phi) is 5.56. The molecule has 29 heavy (non-hydrogen) atoms. The van der Waals surface area contributed by atoms with Crippen molar-refractivity contribution >= 4 is 12.1 Å². The maximum absolute atomic E-state index is 12.9. The van der Waals surface area contributed by atoms with Crippen LogP contribution in [0.5, 0.6) is 0 Å². The fourth-order valence-electron chi connectivity index (χ4n) is 4.61. The van der Waals surface area contributed by atoms with Crippen LogP contribution in [-0.4, -0.2) is 41.3 Å². The molecule has 0 bridgehead atoms. The van der Waals surface area contributed by atoms with Gasteiger partial charge in [0, 0.05) is 12.5 Å². The number of fused-ring (bicyclic) bond motifs is 3. The Labute approximate surface area is 171 Å². The molecule has 5 heteroatoms. The van der Waals surface area contributed by atoms with Crippen LogP contribution >= 0.6 is 0 Å². The average Bonchev–Trinajstić information content (AvgIpc) is 3.01. The third-order valence-corrected chi connectivity index (χ3v) is 6.22. The van der Waals surface area contributed by atoms with Gasteiger partial charge in [0.2, 0.25) is 0 Å². The molecule has 152 valence electrons. The van der Waals surface area contributed by atoms with E-state index in [-0.39, 0.29) is 18.4 Å². The third-order valence-electron chi connectivity index (χ3n) is 6.22. The molecule has 1 unspecified atom stereocenters. The smallest absolute Gasteiger partial charge is 0.410 e. The van der Waals surface area contributed by atoms with Gasteiger partial charge in [0.25, 0.3) is 0 Å². The maximum Gasteiger partial charge on any atom is 0.410 e. The Hall–Kier alpha value is -2.82. The van der Waals surface area contributed by atoms with Crippen LogP contribution in [-0.2, 0) is 9.53 Å². The summed E-state index contributed by atoms with van der Waals surface area (Å²) in [4.78, 5) is 26.3. The number of carboxylic acid groups (broad SMARTS) is 1. The highest BCUT2D eigenvalue weighted by molar-refractivity contribution is 5.81. The molecule has 5 nitrogen and oxygen atoms in total. The third kappa shape index (κ3) is 3.61. The lowest BCUT2D eigenvalue weighted by molar-refractivity contribution is -0.146. The number of carboxylic acids is 1. The molecule has 4 rings (SSSR count). The zero-order valence-corrected chi connectivity index (χ0v) is 16.7. The second-order valence-corrected chi connectivity index (χ2v) is 7.97. The molecule has 1 N–H and O–H groups in total. The van der Waals surface area contributed by atoms with Crippen molar-refractivity contribution in [3.8, 4) is 11.1 Å². The summed E-state index contributed by atoms with van der Waals surface area (Å²) in [6.07, 6.45) is 2.91. The fourth-order valence-corrected chi connectivity index (χ4v) is 4.61. The van der Waals surface area contributed by atoms with E-state index in [1.807, 2.05) is 31.2 Å². The van der Waals surface area contributed by atoms with E-state index in [4.69, 9.17) is 4.74 Å². The van der Waals surface area contributed by atoms with Crippen molar-refractivity contribution in [1.82, 2.24) is 4.90 Å². The molecule has 2 aliphatic rings. The van der Waals surface area contributed by atoms with Crippen LogP contribution in [0.4, 0.5) is 4.79 Å². The molecule has 0 heterocycles. The minimum atomic E-state index is -0.934. The molecule has 2 aromatic rings. The molecule has 0 radical (unpaired) electrons. The van der Waals surface area contributed by atoms with E-state index in [9.17, 15) is 14.7 Å². The summed E-state index contributed by atoms with van der Waals surface area (Å²) in [5.74, 6) is -0.932. The topological polar surface area (TPSA) is 66.8 Å². The van der Waals surface area contributed by atoms with Gasteiger partial charge in [-0.3, -0.25) is 4.90 Å². The summed E-state index contributed by atoms with van der Waals surface area (Å²) in [7, 11) is 0. The molecule has 0 saturated heterocycles. The molecule has 2 aromatic carbocycles. The van der Waals surface area contributed by atoms with Crippen LogP contribution < -0.4 is 0 Å². The van der Waals surface area contributed by atoms with Crippen molar-refractivity contribution in [3.05, 3.63) is 59.7 Å². The van der Waals surface area contributed by atoms with Crippen LogP contribution in [0.15, 0.2) is 48.5 Å². The number of ether oxygens (including phenoxy) is 1. The molecule has 0 aliphatic heterocycles. The Balaban J connectivity index is 1.53. The van der Waals surface area contributed by atoms with Crippen LogP contribution in [0.25, 0.3) is 11.1 Å². The van der Waals surface area contributed by atoms with Crippen molar-refractivity contribution in [2.75, 3.05) is 13.2 Å². The largest absolute Gasteiger partial charge is 0.480 e. The molecular weight excluding hydrogens is 366 g/mol. The first-order valence-corrected chi connectivity index (χ1v) is 10.5. The Morgan fingerprint density at radius 1 is 1.07 bits per heavy atom. The standard InChI is InChI=1S/C24H27NO4/c1-2-14-25(22(23(26)27)16-8-7-9-16)24(28)29-15-21-19-12-5-3-10-17(19)18-11-4-6-13-20(18)21/h3-6,10-13,16,21-22H,2,7-9,14-15H2,1H3,(H,26,27). The summed E-state index contributed by atoms with van der Waals surface area (Å²) in [6.45, 7) is 2.55. The predicted octanol–water partition coefficient (Wildman–Crippen LogP) is 4.90. The van der Waals surface area contributed by atoms with E-state index in [0.717, 1.165) is 30.4 Å². The second-order valence-electron chi connectivity index (χ2n) is 7.97. The van der Waals surface area contributed by atoms with Crippen LogP contribution in [0, 0.1) is 5.92 Å². The molecule has 1 saturated carbocycles. The van der Waals surface area contributed by atoms with Gasteiger partial charge in [0.05, 0.1) is 0 Å². The highest BCUT2D eigenvalue weighted by atomic mass is 16.6. The number of rotatable bonds is 7. The predicted molar refractivity (Wildman–Crippen MR) is 111 cm³/mol. The molecule has 2 aliphatic carbocycles. The highest BCUT2D eigenvalue weighted by Crippen LogP contribution is 2.44. The van der Waals surface area contributed by atoms with Crippen molar-refractivity contribution in [2.24, 2.45) is 5.92 Å². The van der Waals surface area contributed by atoms with Crippen molar-refractivity contribution < 1.29 is 19.4 Å². The van der Waals surface area contributed by atoms with Crippen molar-refractivity contribution in [2.45, 2.75) is 44.6 Å². The Morgan fingerprint density at radius 3 is 2.14 bits per heavy atom. The zero-order chi connectivity index (χ0) is 20.4. The number of nitrogens with zero attached hydrogens (tertiary/aromatic N) is 1. The summed E-state index contributed by atoms with van der Waals surface area (Å²) in [5.41, 5.74) is 4.65. The van der Waals surface area contributed by atoms with Crippen molar-refractivity contribution in [3.63, 3.8) is 0 Å². The van der Waals surface area contributed by atoms with E-state index in [0.29, 0.717) is 13.0 Å². The minimum Gasteiger partial charge on any atom is -0.480 e. The first-order chi connectivity index (χ1) is 14.1. The number of carbonyl (C=O) groups excluding carboxylic acids is 1. The summed E-state index contributed by atoms with van der Waals surface area (Å²) in [5, 5.41) is 9.75. The number of benzene rings is 2. The monoisotopic (exact) mass is 393 g/mol.